The number of hydrogen-bond acceptors (Lipinski definition) is 1. The van der Waals surface area contributed by atoms with E-state index in [9.17, 15) is 0 Å². The van der Waals surface area contributed by atoms with E-state index in [2.05, 4.69) is 4.99 Å². The molecule has 1 saturated carbocycles. The molecule has 2 N–H and O–H groups in total. The van der Waals surface area contributed by atoms with Crippen molar-refractivity contribution in [1.82, 2.24) is 0 Å². The van der Waals surface area contributed by atoms with E-state index < -0.39 is 0 Å². The minimum absolute atomic E-state index is 0.673. The lowest BCUT2D eigenvalue weighted by atomic mass is 10.2. The molecule has 0 bridgehead atoms. The quantitative estimate of drug-likeness (QED) is 0.445. The second kappa shape index (κ2) is 4.96. The molecule has 2 rings (SSSR count). The second-order valence-corrected chi connectivity index (χ2v) is 4.22. The third-order valence-electron chi connectivity index (χ3n) is 2.82. The summed E-state index contributed by atoms with van der Waals surface area (Å²) < 4.78 is 0. The lowest BCUT2D eigenvalue weighted by Gasteiger charge is -2.00. The van der Waals surface area contributed by atoms with E-state index in [4.69, 9.17) is 5.73 Å². The van der Waals surface area contributed by atoms with Gasteiger partial charge in [0.25, 0.3) is 0 Å². The Kier molecular flexibility index (Phi) is 3.38. The number of amidine groups is 1. The molecule has 0 saturated heterocycles. The molecule has 15 heavy (non-hydrogen) atoms. The summed E-state index contributed by atoms with van der Waals surface area (Å²) in [5.41, 5.74) is 6.91. The van der Waals surface area contributed by atoms with E-state index in [1.54, 1.807) is 0 Å². The van der Waals surface area contributed by atoms with Gasteiger partial charge in [0, 0.05) is 12.1 Å². The highest BCUT2D eigenvalue weighted by molar-refractivity contribution is 5.97. The molecule has 0 amide bonds. The fourth-order valence-corrected chi connectivity index (χ4v) is 1.69. The molecule has 80 valence electrons. The Bertz CT molecular complexity index is 326. The van der Waals surface area contributed by atoms with Crippen molar-refractivity contribution in [3.8, 4) is 0 Å². The van der Waals surface area contributed by atoms with Gasteiger partial charge in [-0.1, -0.05) is 43.2 Å². The first-order valence-corrected chi connectivity index (χ1v) is 5.71. The number of aliphatic imine (C=N–C) groups is 1. The van der Waals surface area contributed by atoms with Crippen LogP contribution in [0.3, 0.4) is 0 Å². The Morgan fingerprint density at radius 2 is 2.00 bits per heavy atom. The smallest absolute Gasteiger partial charge is 0.125 e. The Balaban J connectivity index is 1.78. The molecule has 0 heterocycles. The number of nitrogens with two attached hydrogens (primary N) is 1. The first-order valence-electron chi connectivity index (χ1n) is 5.71. The van der Waals surface area contributed by atoms with Crippen molar-refractivity contribution < 1.29 is 0 Å². The first kappa shape index (κ1) is 10.2. The lowest BCUT2D eigenvalue weighted by Crippen LogP contribution is -2.13. The van der Waals surface area contributed by atoms with Gasteiger partial charge < -0.3 is 5.73 Å². The number of benzene rings is 1. The Hall–Kier alpha value is -1.31. The van der Waals surface area contributed by atoms with Gasteiger partial charge in [-0.15, -0.1) is 0 Å². The highest BCUT2D eigenvalue weighted by Crippen LogP contribution is 2.33. The molecule has 1 aliphatic carbocycles. The van der Waals surface area contributed by atoms with Gasteiger partial charge in [-0.05, 0) is 18.8 Å². The van der Waals surface area contributed by atoms with E-state index in [0.717, 1.165) is 18.0 Å². The maximum absolute atomic E-state index is 5.88. The van der Waals surface area contributed by atoms with E-state index in [0.29, 0.717) is 5.84 Å². The number of hydrogen-bond donors (Lipinski definition) is 1. The van der Waals surface area contributed by atoms with Gasteiger partial charge in [-0.25, -0.2) is 0 Å². The molecule has 0 aliphatic heterocycles. The average molecular weight is 202 g/mol. The molecule has 0 unspecified atom stereocenters. The van der Waals surface area contributed by atoms with Gasteiger partial charge >= 0.3 is 0 Å². The van der Waals surface area contributed by atoms with Crippen LogP contribution in [0, 0.1) is 5.92 Å². The normalized spacial score (nSPS) is 16.7. The zero-order valence-electron chi connectivity index (χ0n) is 9.02. The van der Waals surface area contributed by atoms with Crippen LogP contribution in [-0.4, -0.2) is 12.4 Å². The van der Waals surface area contributed by atoms with E-state index >= 15 is 0 Å². The third kappa shape index (κ3) is 3.39. The van der Waals surface area contributed by atoms with Crippen LogP contribution in [0.4, 0.5) is 0 Å². The van der Waals surface area contributed by atoms with E-state index in [1.807, 2.05) is 30.3 Å². The predicted molar refractivity (Wildman–Crippen MR) is 64.0 cm³/mol. The molecule has 0 spiro atoms. The van der Waals surface area contributed by atoms with Gasteiger partial charge in [0.05, 0.1) is 0 Å². The van der Waals surface area contributed by atoms with Crippen molar-refractivity contribution >= 4 is 5.84 Å². The fourth-order valence-electron chi connectivity index (χ4n) is 1.69. The standard InChI is InChI=1S/C13H18N2/c14-13(12-6-2-1-3-7-12)15-10-4-5-11-8-9-11/h1-3,6-7,11H,4-5,8-10H2,(H2,14,15). The lowest BCUT2D eigenvalue weighted by molar-refractivity contribution is 0.676. The molecular formula is C13H18N2. The summed E-state index contributed by atoms with van der Waals surface area (Å²) in [6, 6.07) is 9.97. The van der Waals surface area contributed by atoms with Gasteiger partial charge in [0.2, 0.25) is 0 Å². The SMILES string of the molecule is NC(=NCCCC1CC1)c1ccccc1. The van der Waals surface area contributed by atoms with Crippen LogP contribution in [0.2, 0.25) is 0 Å². The molecule has 1 aromatic carbocycles. The summed E-state index contributed by atoms with van der Waals surface area (Å²) in [6.07, 6.45) is 5.36. The Morgan fingerprint density at radius 1 is 1.27 bits per heavy atom. The predicted octanol–water partition coefficient (Wildman–Crippen LogP) is 2.58. The van der Waals surface area contributed by atoms with Crippen LogP contribution in [0.15, 0.2) is 35.3 Å². The minimum Gasteiger partial charge on any atom is -0.384 e. The Labute approximate surface area is 91.2 Å². The zero-order valence-corrected chi connectivity index (χ0v) is 9.02. The van der Waals surface area contributed by atoms with Crippen LogP contribution < -0.4 is 5.73 Å². The van der Waals surface area contributed by atoms with Crippen LogP contribution in [0.1, 0.15) is 31.2 Å². The summed E-state index contributed by atoms with van der Waals surface area (Å²) in [4.78, 5) is 4.39. The van der Waals surface area contributed by atoms with Gasteiger partial charge in [0.15, 0.2) is 0 Å². The highest BCUT2D eigenvalue weighted by atomic mass is 14.8. The molecule has 1 aromatic rings. The van der Waals surface area contributed by atoms with Crippen molar-refractivity contribution in [2.75, 3.05) is 6.54 Å². The topological polar surface area (TPSA) is 38.4 Å². The monoisotopic (exact) mass is 202 g/mol. The molecule has 2 nitrogen and oxygen atoms in total. The van der Waals surface area contributed by atoms with Gasteiger partial charge in [-0.3, -0.25) is 4.99 Å². The van der Waals surface area contributed by atoms with Gasteiger partial charge in [0.1, 0.15) is 5.84 Å². The third-order valence-corrected chi connectivity index (χ3v) is 2.82. The van der Waals surface area contributed by atoms with E-state index in [1.165, 1.54) is 25.7 Å². The first-order chi connectivity index (χ1) is 7.36. The van der Waals surface area contributed by atoms with Crippen molar-refractivity contribution in [2.45, 2.75) is 25.7 Å². The summed E-state index contributed by atoms with van der Waals surface area (Å²) in [7, 11) is 0. The van der Waals surface area contributed by atoms with Crippen LogP contribution in [0.5, 0.6) is 0 Å². The largest absolute Gasteiger partial charge is 0.384 e. The molecule has 0 radical (unpaired) electrons. The second-order valence-electron chi connectivity index (χ2n) is 4.22. The van der Waals surface area contributed by atoms with Crippen LogP contribution in [-0.2, 0) is 0 Å². The molecule has 2 heteroatoms. The molecular weight excluding hydrogens is 184 g/mol. The molecule has 1 fully saturated rings. The number of rotatable bonds is 5. The average Bonchev–Trinajstić information content (AvgIpc) is 3.09. The summed E-state index contributed by atoms with van der Waals surface area (Å²) in [5.74, 6) is 1.67. The highest BCUT2D eigenvalue weighted by Gasteiger charge is 2.19. The maximum atomic E-state index is 5.88. The van der Waals surface area contributed by atoms with Gasteiger partial charge in [-0.2, -0.15) is 0 Å². The van der Waals surface area contributed by atoms with Crippen molar-refractivity contribution in [1.29, 1.82) is 0 Å². The van der Waals surface area contributed by atoms with E-state index in [-0.39, 0.29) is 0 Å². The summed E-state index contributed by atoms with van der Waals surface area (Å²) in [6.45, 7) is 0.872. The summed E-state index contributed by atoms with van der Waals surface area (Å²) >= 11 is 0. The Morgan fingerprint density at radius 3 is 2.67 bits per heavy atom. The summed E-state index contributed by atoms with van der Waals surface area (Å²) in [5, 5.41) is 0. The van der Waals surface area contributed by atoms with Crippen molar-refractivity contribution in [3.63, 3.8) is 0 Å². The van der Waals surface area contributed by atoms with Crippen molar-refractivity contribution in [2.24, 2.45) is 16.6 Å². The molecule has 0 atom stereocenters. The minimum atomic E-state index is 0.673. The zero-order chi connectivity index (χ0) is 10.5. The van der Waals surface area contributed by atoms with Crippen molar-refractivity contribution in [3.05, 3.63) is 35.9 Å². The van der Waals surface area contributed by atoms with Crippen LogP contribution >= 0.6 is 0 Å². The maximum Gasteiger partial charge on any atom is 0.125 e. The number of nitrogens with zero attached hydrogens (tertiary/aromatic N) is 1. The molecule has 1 aliphatic rings. The van der Waals surface area contributed by atoms with Crippen LogP contribution in [0.25, 0.3) is 0 Å². The molecule has 0 aromatic heterocycles. The fraction of sp³-hybridized carbons (Fsp3) is 0.462.